The van der Waals surface area contributed by atoms with Crippen molar-refractivity contribution < 1.29 is 23.8 Å². The highest BCUT2D eigenvalue weighted by atomic mass is 19.1. The Kier molecular flexibility index (Phi) is 8.97. The summed E-state index contributed by atoms with van der Waals surface area (Å²) in [4.78, 5) is 13.2. The van der Waals surface area contributed by atoms with E-state index in [4.69, 9.17) is 24.8 Å². The van der Waals surface area contributed by atoms with Gasteiger partial charge in [-0.25, -0.2) is 9.37 Å². The predicted molar refractivity (Wildman–Crippen MR) is 121 cm³/mol. The molecular formula is C23H25FN4O4. The Bertz CT molecular complexity index is 1030. The number of pyridine rings is 1. The lowest BCUT2D eigenvalue weighted by Crippen LogP contribution is -2.29. The molecule has 2 aromatic carbocycles. The number of aliphatic carboxylic acids is 1. The van der Waals surface area contributed by atoms with Crippen molar-refractivity contribution in [3.8, 4) is 22.6 Å². The molecule has 168 valence electrons. The molecule has 0 aliphatic heterocycles. The van der Waals surface area contributed by atoms with Crippen molar-refractivity contribution >= 4 is 17.7 Å². The van der Waals surface area contributed by atoms with Gasteiger partial charge in [-0.1, -0.05) is 18.2 Å². The summed E-state index contributed by atoms with van der Waals surface area (Å²) in [5.74, 6) is 0.823. The summed E-state index contributed by atoms with van der Waals surface area (Å²) in [6.07, 6.45) is 1.64. The highest BCUT2D eigenvalue weighted by molar-refractivity contribution is 5.90. The summed E-state index contributed by atoms with van der Waals surface area (Å²) in [6.45, 7) is 1.43. The Hall–Kier alpha value is -4.14. The van der Waals surface area contributed by atoms with Gasteiger partial charge in [-0.2, -0.15) is 0 Å². The molecule has 0 amide bonds. The number of carboxylic acids is 1. The standard InChI is InChI=1S/C21H21FN4O2.C2H4O2/c1-27-18-4-3-5-19(28-2)17(18)13-25-21(23)26-20-12-15(10-11-24-20)14-6-8-16(22)9-7-14;1-2(3)4/h3-12H,13H2,1-2H3,(H3,23,24,25,26);1H3,(H,3,4). The van der Waals surface area contributed by atoms with Gasteiger partial charge in [-0.05, 0) is 47.5 Å². The van der Waals surface area contributed by atoms with Crippen LogP contribution in [0, 0.1) is 11.2 Å². The number of anilines is 1. The van der Waals surface area contributed by atoms with E-state index in [1.807, 2.05) is 24.3 Å². The van der Waals surface area contributed by atoms with Crippen molar-refractivity contribution in [2.24, 2.45) is 0 Å². The number of methoxy groups -OCH3 is 2. The van der Waals surface area contributed by atoms with Crippen molar-refractivity contribution in [1.29, 1.82) is 5.41 Å². The van der Waals surface area contributed by atoms with Gasteiger partial charge in [0.15, 0.2) is 5.96 Å². The Morgan fingerprint density at radius 3 is 2.22 bits per heavy atom. The van der Waals surface area contributed by atoms with Crippen LogP contribution in [0.25, 0.3) is 11.1 Å². The highest BCUT2D eigenvalue weighted by Gasteiger charge is 2.10. The fraction of sp³-hybridized carbons (Fsp3) is 0.174. The molecule has 0 radical (unpaired) electrons. The van der Waals surface area contributed by atoms with Gasteiger partial charge in [0.25, 0.3) is 5.97 Å². The minimum atomic E-state index is -0.833. The van der Waals surface area contributed by atoms with Gasteiger partial charge >= 0.3 is 0 Å². The normalized spacial score (nSPS) is 9.75. The fourth-order valence-electron chi connectivity index (χ4n) is 2.77. The van der Waals surface area contributed by atoms with Crippen LogP contribution in [0.5, 0.6) is 11.5 Å². The summed E-state index contributed by atoms with van der Waals surface area (Å²) >= 11 is 0. The molecule has 0 atom stereocenters. The number of rotatable bonds is 6. The molecule has 0 unspecified atom stereocenters. The second kappa shape index (κ2) is 11.9. The molecule has 0 aliphatic carbocycles. The van der Waals surface area contributed by atoms with E-state index in [0.717, 1.165) is 23.6 Å². The van der Waals surface area contributed by atoms with Crippen LogP contribution in [0.4, 0.5) is 10.2 Å². The molecule has 0 fully saturated rings. The highest BCUT2D eigenvalue weighted by Crippen LogP contribution is 2.28. The molecule has 0 saturated carbocycles. The number of carbonyl (C=O) groups is 1. The average Bonchev–Trinajstić information content (AvgIpc) is 2.77. The molecule has 8 nitrogen and oxygen atoms in total. The van der Waals surface area contributed by atoms with Gasteiger partial charge < -0.3 is 25.2 Å². The average molecular weight is 440 g/mol. The van der Waals surface area contributed by atoms with Crippen molar-refractivity contribution in [2.75, 3.05) is 19.5 Å². The van der Waals surface area contributed by atoms with Crippen LogP contribution in [-0.2, 0) is 11.3 Å². The second-order valence-electron chi connectivity index (χ2n) is 6.45. The Balaban J connectivity index is 0.000000837. The molecular weight excluding hydrogens is 415 g/mol. The molecule has 3 aromatic rings. The zero-order valence-corrected chi connectivity index (χ0v) is 18.0. The number of benzene rings is 2. The quantitative estimate of drug-likeness (QED) is 0.336. The maximum Gasteiger partial charge on any atom is 0.300 e. The van der Waals surface area contributed by atoms with Crippen LogP contribution in [-0.4, -0.2) is 36.2 Å². The maximum absolute atomic E-state index is 13.1. The summed E-state index contributed by atoms with van der Waals surface area (Å²) in [5.41, 5.74) is 2.55. The van der Waals surface area contributed by atoms with Crippen molar-refractivity contribution in [3.05, 3.63) is 72.2 Å². The molecule has 4 N–H and O–H groups in total. The van der Waals surface area contributed by atoms with Gasteiger partial charge in [0.05, 0.1) is 26.3 Å². The molecule has 1 aromatic heterocycles. The monoisotopic (exact) mass is 440 g/mol. The lowest BCUT2D eigenvalue weighted by Gasteiger charge is -2.15. The van der Waals surface area contributed by atoms with E-state index in [1.165, 1.54) is 12.1 Å². The van der Waals surface area contributed by atoms with Crippen LogP contribution in [0.2, 0.25) is 0 Å². The van der Waals surface area contributed by atoms with E-state index in [9.17, 15) is 4.39 Å². The minimum absolute atomic E-state index is 0.0803. The zero-order chi connectivity index (χ0) is 23.5. The van der Waals surface area contributed by atoms with Crippen LogP contribution in [0.3, 0.4) is 0 Å². The molecule has 32 heavy (non-hydrogen) atoms. The van der Waals surface area contributed by atoms with E-state index >= 15 is 0 Å². The largest absolute Gasteiger partial charge is 0.496 e. The fourth-order valence-corrected chi connectivity index (χ4v) is 2.77. The molecule has 0 aliphatic rings. The van der Waals surface area contributed by atoms with E-state index in [2.05, 4.69) is 15.6 Å². The first-order valence-corrected chi connectivity index (χ1v) is 9.55. The lowest BCUT2D eigenvalue weighted by atomic mass is 10.1. The summed E-state index contributed by atoms with van der Waals surface area (Å²) in [7, 11) is 3.18. The van der Waals surface area contributed by atoms with Gasteiger partial charge in [0.1, 0.15) is 23.1 Å². The molecule has 9 heteroatoms. The Labute approximate surface area is 185 Å². The first kappa shape index (κ1) is 24.1. The smallest absolute Gasteiger partial charge is 0.300 e. The van der Waals surface area contributed by atoms with Crippen LogP contribution in [0.1, 0.15) is 12.5 Å². The van der Waals surface area contributed by atoms with Crippen molar-refractivity contribution in [1.82, 2.24) is 10.3 Å². The number of hydrogen-bond acceptors (Lipinski definition) is 5. The van der Waals surface area contributed by atoms with Crippen LogP contribution < -0.4 is 20.1 Å². The molecule has 0 saturated heterocycles. The third-order valence-corrected chi connectivity index (χ3v) is 4.16. The van der Waals surface area contributed by atoms with E-state index in [-0.39, 0.29) is 11.8 Å². The topological polar surface area (TPSA) is 117 Å². The van der Waals surface area contributed by atoms with Gasteiger partial charge in [0, 0.05) is 13.1 Å². The predicted octanol–water partition coefficient (Wildman–Crippen LogP) is 4.13. The number of carboxylic acid groups (broad SMARTS) is 1. The van der Waals surface area contributed by atoms with Gasteiger partial charge in [-0.3, -0.25) is 10.2 Å². The Morgan fingerprint density at radius 1 is 1.06 bits per heavy atom. The molecule has 0 spiro atoms. The number of nitrogens with one attached hydrogen (secondary N) is 3. The van der Waals surface area contributed by atoms with Crippen molar-refractivity contribution in [2.45, 2.75) is 13.5 Å². The Morgan fingerprint density at radius 2 is 1.66 bits per heavy atom. The maximum atomic E-state index is 13.1. The molecule has 3 rings (SSSR count). The van der Waals surface area contributed by atoms with Gasteiger partial charge in [0.2, 0.25) is 0 Å². The number of ether oxygens (including phenoxy) is 2. The first-order chi connectivity index (χ1) is 15.3. The molecule has 0 bridgehead atoms. The summed E-state index contributed by atoms with van der Waals surface area (Å²) in [6, 6.07) is 15.4. The number of halogens is 1. The van der Waals surface area contributed by atoms with Crippen LogP contribution >= 0.6 is 0 Å². The number of guanidine groups is 1. The lowest BCUT2D eigenvalue weighted by molar-refractivity contribution is -0.134. The van der Waals surface area contributed by atoms with Crippen molar-refractivity contribution in [3.63, 3.8) is 0 Å². The summed E-state index contributed by atoms with van der Waals surface area (Å²) < 4.78 is 23.8. The third kappa shape index (κ3) is 7.28. The zero-order valence-electron chi connectivity index (χ0n) is 18.0. The summed E-state index contributed by atoms with van der Waals surface area (Å²) in [5, 5.41) is 21.5. The third-order valence-electron chi connectivity index (χ3n) is 4.16. The SMILES string of the molecule is CC(=O)O.COc1cccc(OC)c1CNC(=N)Nc1cc(-c2ccc(F)cc2)ccn1. The van der Waals surface area contributed by atoms with Crippen LogP contribution in [0.15, 0.2) is 60.8 Å². The van der Waals surface area contributed by atoms with E-state index < -0.39 is 5.97 Å². The van der Waals surface area contributed by atoms with Gasteiger partial charge in [-0.15, -0.1) is 0 Å². The van der Waals surface area contributed by atoms with E-state index in [0.29, 0.717) is 23.9 Å². The molecule has 1 heterocycles. The number of hydrogen-bond donors (Lipinski definition) is 4. The second-order valence-corrected chi connectivity index (χ2v) is 6.45. The first-order valence-electron chi connectivity index (χ1n) is 9.55. The number of aromatic nitrogens is 1. The van der Waals surface area contributed by atoms with E-state index in [1.54, 1.807) is 38.6 Å². The number of nitrogens with zero attached hydrogens (tertiary/aromatic N) is 1. The minimum Gasteiger partial charge on any atom is -0.496 e.